The molecule has 0 atom stereocenters. The Bertz CT molecular complexity index is 528. The molecule has 1 aromatic rings. The van der Waals surface area contributed by atoms with Gasteiger partial charge in [-0.05, 0) is 23.1 Å². The van der Waals surface area contributed by atoms with Crippen LogP contribution >= 0.6 is 0 Å². The Kier molecular flexibility index (Phi) is 5.69. The zero-order valence-corrected chi connectivity index (χ0v) is 12.4. The molecule has 0 bridgehead atoms. The Hall–Kier alpha value is -2.11. The number of carboxylic acid groups (broad SMARTS) is 1. The molecule has 1 rings (SSSR count). The maximum Gasteiger partial charge on any atom is 0.303 e. The van der Waals surface area contributed by atoms with Gasteiger partial charge in [0.05, 0.1) is 13.5 Å². The monoisotopic (exact) mass is 297 g/mol. The largest absolute Gasteiger partial charge is 0.494 e. The van der Waals surface area contributed by atoms with Crippen LogP contribution in [0, 0.1) is 11.2 Å². The lowest BCUT2D eigenvalue weighted by molar-refractivity contribution is -0.139. The highest BCUT2D eigenvalue weighted by Crippen LogP contribution is 2.24. The first-order valence-electron chi connectivity index (χ1n) is 6.54. The lowest BCUT2D eigenvalue weighted by atomic mass is 9.85. The van der Waals surface area contributed by atoms with Crippen molar-refractivity contribution >= 4 is 11.9 Å². The number of carboxylic acids is 1. The van der Waals surface area contributed by atoms with Crippen LogP contribution in [0.3, 0.4) is 0 Å². The second-order valence-electron chi connectivity index (χ2n) is 5.66. The average molecular weight is 297 g/mol. The third kappa shape index (κ3) is 5.81. The summed E-state index contributed by atoms with van der Waals surface area (Å²) in [6, 6.07) is 4.44. The van der Waals surface area contributed by atoms with E-state index in [0.29, 0.717) is 5.56 Å². The van der Waals surface area contributed by atoms with Gasteiger partial charge in [-0.25, -0.2) is 4.39 Å². The van der Waals surface area contributed by atoms with Crippen LogP contribution in [0.15, 0.2) is 18.2 Å². The van der Waals surface area contributed by atoms with Gasteiger partial charge in [-0.15, -0.1) is 0 Å². The summed E-state index contributed by atoms with van der Waals surface area (Å²) in [5.41, 5.74) is -0.0150. The van der Waals surface area contributed by atoms with Gasteiger partial charge in [-0.2, -0.15) is 0 Å². The van der Waals surface area contributed by atoms with E-state index >= 15 is 0 Å². The summed E-state index contributed by atoms with van der Waals surface area (Å²) in [6.45, 7) is 3.62. The molecule has 0 unspecified atom stereocenters. The summed E-state index contributed by atoms with van der Waals surface area (Å²) >= 11 is 0. The van der Waals surface area contributed by atoms with Crippen LogP contribution in [0.4, 0.5) is 4.39 Å². The molecule has 0 aliphatic carbocycles. The molecular formula is C15H20FNO4. The number of methoxy groups -OCH3 is 1. The Balaban J connectivity index is 2.53. The van der Waals surface area contributed by atoms with Crippen molar-refractivity contribution in [1.29, 1.82) is 0 Å². The standard InChI is InChI=1S/C15H20FNO4/c1-15(2,8-14(19)20)7-13(18)17-9-10-4-5-12(21-3)11(16)6-10/h4-6H,7-9H2,1-3H3,(H,17,18)(H,19,20). The van der Waals surface area contributed by atoms with Gasteiger partial charge in [0.15, 0.2) is 11.6 Å². The van der Waals surface area contributed by atoms with Crippen molar-refractivity contribution in [2.75, 3.05) is 7.11 Å². The maximum absolute atomic E-state index is 13.5. The SMILES string of the molecule is COc1ccc(CNC(=O)CC(C)(C)CC(=O)O)cc1F. The molecule has 2 N–H and O–H groups in total. The number of benzene rings is 1. The smallest absolute Gasteiger partial charge is 0.303 e. The van der Waals surface area contributed by atoms with Crippen LogP contribution < -0.4 is 10.1 Å². The summed E-state index contributed by atoms with van der Waals surface area (Å²) in [7, 11) is 1.38. The number of halogens is 1. The van der Waals surface area contributed by atoms with Crippen LogP contribution in [-0.2, 0) is 16.1 Å². The van der Waals surface area contributed by atoms with E-state index < -0.39 is 17.2 Å². The van der Waals surface area contributed by atoms with Gasteiger partial charge in [0.25, 0.3) is 0 Å². The number of rotatable bonds is 7. The number of nitrogens with one attached hydrogen (secondary N) is 1. The van der Waals surface area contributed by atoms with E-state index in [9.17, 15) is 14.0 Å². The summed E-state index contributed by atoms with van der Waals surface area (Å²) in [5.74, 6) is -1.55. The first-order chi connectivity index (χ1) is 9.73. The van der Waals surface area contributed by atoms with Gasteiger partial charge < -0.3 is 15.2 Å². The van der Waals surface area contributed by atoms with E-state index in [1.54, 1.807) is 19.9 Å². The number of carbonyl (C=O) groups is 2. The molecule has 0 saturated carbocycles. The third-order valence-electron chi connectivity index (χ3n) is 2.97. The molecule has 116 valence electrons. The molecular weight excluding hydrogens is 277 g/mol. The summed E-state index contributed by atoms with van der Waals surface area (Å²) < 4.78 is 18.3. The Morgan fingerprint density at radius 2 is 2.00 bits per heavy atom. The minimum atomic E-state index is -0.940. The maximum atomic E-state index is 13.5. The molecule has 0 heterocycles. The predicted octanol–water partition coefficient (Wildman–Crippen LogP) is 2.34. The Morgan fingerprint density at radius 3 is 2.52 bits per heavy atom. The first-order valence-corrected chi connectivity index (χ1v) is 6.54. The number of ether oxygens (including phenoxy) is 1. The number of hydrogen-bond acceptors (Lipinski definition) is 3. The van der Waals surface area contributed by atoms with E-state index in [1.165, 1.54) is 19.2 Å². The molecule has 1 amide bonds. The fourth-order valence-electron chi connectivity index (χ4n) is 1.99. The molecule has 0 saturated heterocycles. The van der Waals surface area contributed by atoms with Gasteiger partial charge in [0.1, 0.15) is 0 Å². The van der Waals surface area contributed by atoms with Crippen molar-refractivity contribution in [3.63, 3.8) is 0 Å². The normalized spacial score (nSPS) is 11.0. The van der Waals surface area contributed by atoms with Gasteiger partial charge in [-0.3, -0.25) is 9.59 Å². The molecule has 0 spiro atoms. The van der Waals surface area contributed by atoms with Crippen molar-refractivity contribution in [2.45, 2.75) is 33.2 Å². The predicted molar refractivity (Wildman–Crippen MR) is 75.4 cm³/mol. The van der Waals surface area contributed by atoms with Gasteiger partial charge in [0, 0.05) is 13.0 Å². The Morgan fingerprint density at radius 1 is 1.33 bits per heavy atom. The molecule has 0 radical (unpaired) electrons. The van der Waals surface area contributed by atoms with Crippen LogP contribution in [0.2, 0.25) is 0 Å². The quantitative estimate of drug-likeness (QED) is 0.810. The van der Waals surface area contributed by atoms with Crippen LogP contribution in [0.25, 0.3) is 0 Å². The van der Waals surface area contributed by atoms with Crippen molar-refractivity contribution in [1.82, 2.24) is 5.32 Å². The molecule has 6 heteroatoms. The minimum Gasteiger partial charge on any atom is -0.494 e. The Labute approximate surface area is 123 Å². The highest BCUT2D eigenvalue weighted by atomic mass is 19.1. The number of aliphatic carboxylic acids is 1. The van der Waals surface area contributed by atoms with E-state index in [2.05, 4.69) is 5.32 Å². The topological polar surface area (TPSA) is 75.6 Å². The lowest BCUT2D eigenvalue weighted by Crippen LogP contribution is -2.29. The average Bonchev–Trinajstić information content (AvgIpc) is 2.34. The minimum absolute atomic E-state index is 0.0857. The van der Waals surface area contributed by atoms with Crippen molar-refractivity contribution in [3.8, 4) is 5.75 Å². The molecule has 1 aromatic carbocycles. The summed E-state index contributed by atoms with van der Waals surface area (Å²) in [6.07, 6.45) is 0.00945. The first kappa shape index (κ1) is 16.9. The number of hydrogen-bond donors (Lipinski definition) is 2. The highest BCUT2D eigenvalue weighted by Gasteiger charge is 2.25. The van der Waals surface area contributed by atoms with Crippen LogP contribution in [0.1, 0.15) is 32.3 Å². The van der Waals surface area contributed by atoms with Gasteiger partial charge in [-0.1, -0.05) is 19.9 Å². The molecule has 5 nitrogen and oxygen atoms in total. The van der Waals surface area contributed by atoms with Crippen LogP contribution in [-0.4, -0.2) is 24.1 Å². The molecule has 21 heavy (non-hydrogen) atoms. The highest BCUT2D eigenvalue weighted by molar-refractivity contribution is 5.77. The fourth-order valence-corrected chi connectivity index (χ4v) is 1.99. The molecule has 0 aliphatic rings. The molecule has 0 aliphatic heterocycles. The second-order valence-corrected chi connectivity index (χ2v) is 5.66. The summed E-state index contributed by atoms with van der Waals surface area (Å²) in [4.78, 5) is 22.5. The number of carbonyl (C=O) groups excluding carboxylic acids is 1. The second kappa shape index (κ2) is 7.06. The zero-order valence-electron chi connectivity index (χ0n) is 12.4. The zero-order chi connectivity index (χ0) is 16.0. The van der Waals surface area contributed by atoms with E-state index in [-0.39, 0.29) is 31.0 Å². The van der Waals surface area contributed by atoms with Crippen molar-refractivity contribution < 1.29 is 23.8 Å². The van der Waals surface area contributed by atoms with E-state index in [0.717, 1.165) is 0 Å². The van der Waals surface area contributed by atoms with Crippen molar-refractivity contribution in [3.05, 3.63) is 29.6 Å². The fraction of sp³-hybridized carbons (Fsp3) is 0.467. The molecule has 0 fully saturated rings. The van der Waals surface area contributed by atoms with Gasteiger partial charge in [0.2, 0.25) is 5.91 Å². The van der Waals surface area contributed by atoms with Crippen molar-refractivity contribution in [2.24, 2.45) is 5.41 Å². The van der Waals surface area contributed by atoms with E-state index in [1.807, 2.05) is 0 Å². The van der Waals surface area contributed by atoms with Gasteiger partial charge >= 0.3 is 5.97 Å². The van der Waals surface area contributed by atoms with Crippen LogP contribution in [0.5, 0.6) is 5.75 Å². The molecule has 0 aromatic heterocycles. The van der Waals surface area contributed by atoms with E-state index in [4.69, 9.17) is 9.84 Å². The third-order valence-corrected chi connectivity index (χ3v) is 2.97. The summed E-state index contributed by atoms with van der Waals surface area (Å²) in [5, 5.41) is 11.4. The lowest BCUT2D eigenvalue weighted by Gasteiger charge is -2.21. The number of amides is 1.